The molecule has 5 nitrogen and oxygen atoms in total. The van der Waals surface area contributed by atoms with Crippen molar-refractivity contribution in [3.63, 3.8) is 0 Å². The van der Waals surface area contributed by atoms with Gasteiger partial charge >= 0.3 is 6.18 Å². The molecule has 0 radical (unpaired) electrons. The van der Waals surface area contributed by atoms with Crippen LogP contribution in [-0.2, 0) is 6.18 Å². The van der Waals surface area contributed by atoms with Gasteiger partial charge in [-0.25, -0.2) is 4.98 Å². The van der Waals surface area contributed by atoms with Crippen LogP contribution in [0.2, 0.25) is 0 Å². The molecule has 1 aromatic heterocycles. The van der Waals surface area contributed by atoms with Crippen molar-refractivity contribution in [2.45, 2.75) is 6.18 Å². The molecule has 1 heterocycles. The van der Waals surface area contributed by atoms with E-state index in [1.807, 2.05) is 0 Å². The summed E-state index contributed by atoms with van der Waals surface area (Å²) in [5.74, 6) is -1.22. The fourth-order valence-corrected chi connectivity index (χ4v) is 1.91. The molecule has 0 aliphatic heterocycles. The number of carbonyl (C=O) groups is 2. The van der Waals surface area contributed by atoms with E-state index in [4.69, 9.17) is 0 Å². The van der Waals surface area contributed by atoms with Gasteiger partial charge in [0, 0.05) is 12.2 Å². The Morgan fingerprint density at radius 3 is 2.36 bits per heavy atom. The van der Waals surface area contributed by atoms with Gasteiger partial charge < -0.3 is 10.6 Å². The smallest absolute Gasteiger partial charge is 0.347 e. The highest BCUT2D eigenvalue weighted by Gasteiger charge is 2.30. The number of hydrogen-bond donors (Lipinski definition) is 2. The van der Waals surface area contributed by atoms with E-state index in [1.54, 1.807) is 0 Å². The summed E-state index contributed by atoms with van der Waals surface area (Å²) < 4.78 is 38.1. The van der Waals surface area contributed by atoms with Gasteiger partial charge in [-0.2, -0.15) is 13.2 Å². The maximum atomic E-state index is 12.7. The van der Waals surface area contributed by atoms with E-state index in [0.717, 1.165) is 12.1 Å². The maximum absolute atomic E-state index is 12.7. The summed E-state index contributed by atoms with van der Waals surface area (Å²) in [4.78, 5) is 27.9. The predicted molar refractivity (Wildman–Crippen MR) is 86.2 cm³/mol. The van der Waals surface area contributed by atoms with Crippen LogP contribution in [0.15, 0.2) is 55.1 Å². The SMILES string of the molecule is C=CCNC(=O)c1cccc(C(=O)Nc2cccc(C(F)(F)F)c2)n1. The van der Waals surface area contributed by atoms with Crippen LogP contribution in [0.3, 0.4) is 0 Å². The Bertz CT molecular complexity index is 804. The van der Waals surface area contributed by atoms with Crippen LogP contribution in [-0.4, -0.2) is 23.3 Å². The zero-order valence-corrected chi connectivity index (χ0v) is 12.9. The van der Waals surface area contributed by atoms with Crippen molar-refractivity contribution in [1.82, 2.24) is 10.3 Å². The lowest BCUT2D eigenvalue weighted by Crippen LogP contribution is -2.25. The quantitative estimate of drug-likeness (QED) is 0.814. The molecule has 25 heavy (non-hydrogen) atoms. The zero-order valence-electron chi connectivity index (χ0n) is 12.9. The van der Waals surface area contributed by atoms with Gasteiger partial charge in [0.2, 0.25) is 0 Å². The number of aromatic nitrogens is 1. The van der Waals surface area contributed by atoms with Gasteiger partial charge in [0.1, 0.15) is 11.4 Å². The van der Waals surface area contributed by atoms with Crippen molar-refractivity contribution in [2.75, 3.05) is 11.9 Å². The molecule has 2 amide bonds. The average Bonchev–Trinajstić information content (AvgIpc) is 2.59. The summed E-state index contributed by atoms with van der Waals surface area (Å²) in [6, 6.07) is 8.46. The first-order chi connectivity index (χ1) is 11.8. The fraction of sp³-hybridized carbons (Fsp3) is 0.118. The van der Waals surface area contributed by atoms with Crippen LogP contribution in [0.25, 0.3) is 0 Å². The Labute approximate surface area is 141 Å². The Kier molecular flexibility index (Phi) is 5.53. The lowest BCUT2D eigenvalue weighted by molar-refractivity contribution is -0.137. The average molecular weight is 349 g/mol. The van der Waals surface area contributed by atoms with Gasteiger partial charge in [0.15, 0.2) is 0 Å². The molecule has 8 heteroatoms. The molecule has 0 saturated carbocycles. The van der Waals surface area contributed by atoms with E-state index >= 15 is 0 Å². The lowest BCUT2D eigenvalue weighted by Gasteiger charge is -2.10. The van der Waals surface area contributed by atoms with Gasteiger partial charge in [0.05, 0.1) is 5.56 Å². The highest BCUT2D eigenvalue weighted by atomic mass is 19.4. The number of carbonyl (C=O) groups excluding carboxylic acids is 2. The van der Waals surface area contributed by atoms with Crippen LogP contribution in [0.4, 0.5) is 18.9 Å². The first-order valence-electron chi connectivity index (χ1n) is 7.16. The second kappa shape index (κ2) is 7.61. The van der Waals surface area contributed by atoms with Crippen molar-refractivity contribution in [2.24, 2.45) is 0 Å². The minimum Gasteiger partial charge on any atom is -0.347 e. The topological polar surface area (TPSA) is 71.1 Å². The molecular weight excluding hydrogens is 335 g/mol. The molecule has 130 valence electrons. The van der Waals surface area contributed by atoms with Crippen LogP contribution < -0.4 is 10.6 Å². The molecule has 2 rings (SSSR count). The molecule has 0 aliphatic rings. The van der Waals surface area contributed by atoms with Gasteiger partial charge in [0.25, 0.3) is 11.8 Å². The Balaban J connectivity index is 2.16. The van der Waals surface area contributed by atoms with Crippen LogP contribution in [0.5, 0.6) is 0 Å². The van der Waals surface area contributed by atoms with Crippen molar-refractivity contribution in [3.8, 4) is 0 Å². The number of nitrogens with zero attached hydrogens (tertiary/aromatic N) is 1. The van der Waals surface area contributed by atoms with Gasteiger partial charge in [-0.15, -0.1) is 6.58 Å². The van der Waals surface area contributed by atoms with Crippen molar-refractivity contribution >= 4 is 17.5 Å². The number of amides is 2. The Morgan fingerprint density at radius 2 is 1.72 bits per heavy atom. The molecule has 0 unspecified atom stereocenters. The number of nitrogens with one attached hydrogen (secondary N) is 2. The number of pyridine rings is 1. The summed E-state index contributed by atoms with van der Waals surface area (Å²) in [6.45, 7) is 3.70. The van der Waals surface area contributed by atoms with Crippen LogP contribution >= 0.6 is 0 Å². The fourth-order valence-electron chi connectivity index (χ4n) is 1.91. The van der Waals surface area contributed by atoms with Gasteiger partial charge in [-0.05, 0) is 30.3 Å². The number of anilines is 1. The molecule has 0 bridgehead atoms. The lowest BCUT2D eigenvalue weighted by atomic mass is 10.2. The summed E-state index contributed by atoms with van der Waals surface area (Å²) in [5, 5.41) is 4.84. The molecule has 0 fully saturated rings. The van der Waals surface area contributed by atoms with Crippen molar-refractivity contribution < 1.29 is 22.8 Å². The first-order valence-corrected chi connectivity index (χ1v) is 7.16. The third-order valence-corrected chi connectivity index (χ3v) is 3.07. The Morgan fingerprint density at radius 1 is 1.08 bits per heavy atom. The molecule has 0 atom stereocenters. The number of halogens is 3. The monoisotopic (exact) mass is 349 g/mol. The molecule has 0 saturated heterocycles. The minimum atomic E-state index is -4.51. The van der Waals surface area contributed by atoms with Crippen LogP contribution in [0.1, 0.15) is 26.5 Å². The standard InChI is InChI=1S/C17H14F3N3O2/c1-2-9-21-15(24)13-7-4-8-14(23-13)16(25)22-12-6-3-5-11(10-12)17(18,19)20/h2-8,10H,1,9H2,(H,21,24)(H,22,25). The van der Waals surface area contributed by atoms with E-state index < -0.39 is 23.6 Å². The van der Waals surface area contributed by atoms with E-state index in [0.29, 0.717) is 0 Å². The summed E-state index contributed by atoms with van der Waals surface area (Å²) in [6.07, 6.45) is -3.02. The third-order valence-electron chi connectivity index (χ3n) is 3.07. The second-order valence-electron chi connectivity index (χ2n) is 4.94. The summed E-state index contributed by atoms with van der Waals surface area (Å²) in [5.41, 5.74) is -0.985. The first kappa shape index (κ1) is 18.2. The molecule has 2 aromatic rings. The summed E-state index contributed by atoms with van der Waals surface area (Å²) in [7, 11) is 0. The van der Waals surface area contributed by atoms with Crippen molar-refractivity contribution in [1.29, 1.82) is 0 Å². The molecule has 0 aliphatic carbocycles. The van der Waals surface area contributed by atoms with E-state index in [1.165, 1.54) is 36.4 Å². The highest BCUT2D eigenvalue weighted by molar-refractivity contribution is 6.03. The Hall–Kier alpha value is -3.16. The van der Waals surface area contributed by atoms with Crippen LogP contribution in [0, 0.1) is 0 Å². The largest absolute Gasteiger partial charge is 0.416 e. The van der Waals surface area contributed by atoms with Gasteiger partial charge in [-0.1, -0.05) is 18.2 Å². The van der Waals surface area contributed by atoms with E-state index in [-0.39, 0.29) is 23.6 Å². The summed E-state index contributed by atoms with van der Waals surface area (Å²) >= 11 is 0. The predicted octanol–water partition coefficient (Wildman–Crippen LogP) is 3.27. The number of hydrogen-bond acceptors (Lipinski definition) is 3. The van der Waals surface area contributed by atoms with E-state index in [9.17, 15) is 22.8 Å². The number of benzene rings is 1. The second-order valence-corrected chi connectivity index (χ2v) is 4.94. The molecule has 0 spiro atoms. The van der Waals surface area contributed by atoms with Crippen molar-refractivity contribution in [3.05, 3.63) is 72.1 Å². The minimum absolute atomic E-state index is 0.0125. The van der Waals surface area contributed by atoms with E-state index in [2.05, 4.69) is 22.2 Å². The molecule has 1 aromatic carbocycles. The number of alkyl halides is 3. The highest BCUT2D eigenvalue weighted by Crippen LogP contribution is 2.30. The molecular formula is C17H14F3N3O2. The molecule has 2 N–H and O–H groups in total. The number of rotatable bonds is 5. The maximum Gasteiger partial charge on any atom is 0.416 e. The third kappa shape index (κ3) is 4.90. The zero-order chi connectivity index (χ0) is 18.4. The normalized spacial score (nSPS) is 10.8. The van der Waals surface area contributed by atoms with Gasteiger partial charge in [-0.3, -0.25) is 9.59 Å².